The second kappa shape index (κ2) is 13.0. The van der Waals surface area contributed by atoms with E-state index >= 15 is 0 Å². The van der Waals surface area contributed by atoms with E-state index in [1.165, 1.54) is 0 Å². The number of unbranched alkanes of at least 4 members (excludes halogenated alkanes) is 1. The molecule has 2 aromatic rings. The first-order valence-electron chi connectivity index (χ1n) is 9.40. The second-order valence-electron chi connectivity index (χ2n) is 6.39. The van der Waals surface area contributed by atoms with Gasteiger partial charge in [-0.3, -0.25) is 9.59 Å². The summed E-state index contributed by atoms with van der Waals surface area (Å²) in [5.74, 6) is -0.611. The van der Waals surface area contributed by atoms with Gasteiger partial charge >= 0.3 is 5.97 Å². The summed E-state index contributed by atoms with van der Waals surface area (Å²) < 4.78 is 13.0. The Morgan fingerprint density at radius 1 is 1.10 bits per heavy atom. The van der Waals surface area contributed by atoms with Crippen molar-refractivity contribution in [3.63, 3.8) is 0 Å². The van der Waals surface area contributed by atoms with Crippen molar-refractivity contribution >= 4 is 91.0 Å². The number of anilines is 2. The third-order valence-corrected chi connectivity index (χ3v) is 7.01. The van der Waals surface area contributed by atoms with Crippen LogP contribution in [0.2, 0.25) is 0 Å². The first kappa shape index (κ1) is 25.6. The van der Waals surface area contributed by atoms with E-state index in [4.69, 9.17) is 15.2 Å². The van der Waals surface area contributed by atoms with E-state index in [1.807, 2.05) is 24.3 Å². The van der Waals surface area contributed by atoms with Crippen LogP contribution < -0.4 is 10.6 Å². The van der Waals surface area contributed by atoms with Crippen LogP contribution >= 0.6 is 67.8 Å². The van der Waals surface area contributed by atoms with Crippen LogP contribution in [0.4, 0.5) is 11.4 Å². The largest absolute Gasteiger partial charge is 0.438 e. The van der Waals surface area contributed by atoms with Gasteiger partial charge in [0.2, 0.25) is 0 Å². The number of ether oxygens (including phenoxy) is 2. The van der Waals surface area contributed by atoms with Crippen LogP contribution in [0.25, 0.3) is 0 Å². The summed E-state index contributed by atoms with van der Waals surface area (Å²) in [5, 5.41) is 0. The molecule has 0 aromatic heterocycles. The average molecular weight is 748 g/mol. The zero-order valence-electron chi connectivity index (χ0n) is 16.5. The van der Waals surface area contributed by atoms with Crippen LogP contribution in [0.15, 0.2) is 36.4 Å². The summed E-state index contributed by atoms with van der Waals surface area (Å²) in [4.78, 5) is 27.1. The molecule has 2 aromatic carbocycles. The van der Waals surface area contributed by atoms with Crippen LogP contribution in [0.1, 0.15) is 36.5 Å². The number of esters is 1. The number of carbonyl (C=O) groups is 2. The minimum atomic E-state index is -0.416. The van der Waals surface area contributed by atoms with Crippen molar-refractivity contribution in [2.75, 3.05) is 30.6 Å². The summed E-state index contributed by atoms with van der Waals surface area (Å²) in [6, 6.07) is 10.9. The molecule has 0 fully saturated rings. The number of benzene rings is 2. The van der Waals surface area contributed by atoms with Crippen molar-refractivity contribution in [2.45, 2.75) is 26.2 Å². The minimum absolute atomic E-state index is 0.0494. The SMILES string of the molecule is CCCCOCOC(=O)CCN(C(=O)c1ccccc1)c1c(I)cc(I)c(N)c1I. The topological polar surface area (TPSA) is 81.9 Å². The molecule has 30 heavy (non-hydrogen) atoms. The van der Waals surface area contributed by atoms with E-state index < -0.39 is 5.97 Å². The number of nitrogens with zero attached hydrogens (tertiary/aromatic N) is 1. The summed E-state index contributed by atoms with van der Waals surface area (Å²) in [6.45, 7) is 2.72. The van der Waals surface area contributed by atoms with Gasteiger partial charge in [-0.25, -0.2) is 0 Å². The van der Waals surface area contributed by atoms with E-state index in [-0.39, 0.29) is 25.7 Å². The van der Waals surface area contributed by atoms with Gasteiger partial charge in [-0.15, -0.1) is 0 Å². The van der Waals surface area contributed by atoms with Crippen molar-refractivity contribution < 1.29 is 19.1 Å². The first-order chi connectivity index (χ1) is 14.4. The molecule has 6 nitrogen and oxygen atoms in total. The number of amides is 1. The molecule has 0 bridgehead atoms. The van der Waals surface area contributed by atoms with Crippen LogP contribution in [-0.4, -0.2) is 31.8 Å². The van der Waals surface area contributed by atoms with Crippen molar-refractivity contribution in [1.82, 2.24) is 0 Å². The van der Waals surface area contributed by atoms with Crippen molar-refractivity contribution in [1.29, 1.82) is 0 Å². The maximum Gasteiger partial charge on any atom is 0.309 e. The number of nitrogen functional groups attached to an aromatic ring is 1. The van der Waals surface area contributed by atoms with Gasteiger partial charge in [0.15, 0.2) is 6.79 Å². The lowest BCUT2D eigenvalue weighted by molar-refractivity contribution is -0.156. The Labute approximate surface area is 217 Å². The predicted molar refractivity (Wildman–Crippen MR) is 144 cm³/mol. The van der Waals surface area contributed by atoms with Crippen LogP contribution in [-0.2, 0) is 14.3 Å². The predicted octanol–water partition coefficient (Wildman–Crippen LogP) is 5.44. The number of hydrogen-bond donors (Lipinski definition) is 1. The standard InChI is InChI=1S/C21H23I3N2O4/c1-2-3-11-29-13-30-17(27)9-10-26(21(28)14-7-5-4-6-8-14)20-16(23)12-15(22)19(25)18(20)24/h4-8,12H,2-3,9-11,13,25H2,1H3. The molecule has 0 atom stereocenters. The molecule has 0 saturated heterocycles. The molecule has 0 aliphatic rings. The van der Waals surface area contributed by atoms with E-state index in [9.17, 15) is 9.59 Å². The fraction of sp³-hybridized carbons (Fsp3) is 0.333. The van der Waals surface area contributed by atoms with Gasteiger partial charge < -0.3 is 20.1 Å². The highest BCUT2D eigenvalue weighted by atomic mass is 127. The molecular formula is C21H23I3N2O4. The Bertz CT molecular complexity index is 878. The quantitative estimate of drug-likeness (QED) is 0.115. The van der Waals surface area contributed by atoms with Crippen molar-refractivity contribution in [3.05, 3.63) is 52.7 Å². The van der Waals surface area contributed by atoms with E-state index in [2.05, 4.69) is 74.7 Å². The van der Waals surface area contributed by atoms with E-state index in [1.54, 1.807) is 17.0 Å². The van der Waals surface area contributed by atoms with Gasteiger partial charge in [0, 0.05) is 19.2 Å². The van der Waals surface area contributed by atoms with Crippen molar-refractivity contribution in [3.8, 4) is 0 Å². The summed E-state index contributed by atoms with van der Waals surface area (Å²) in [6.07, 6.45) is 1.98. The molecule has 1 amide bonds. The number of halogens is 3. The fourth-order valence-corrected chi connectivity index (χ4v) is 6.54. The van der Waals surface area contributed by atoms with Gasteiger partial charge in [0.05, 0.1) is 28.0 Å². The molecular weight excluding hydrogens is 725 g/mol. The molecule has 2 rings (SSSR count). The normalized spacial score (nSPS) is 10.7. The Hall–Kier alpha value is -0.670. The highest BCUT2D eigenvalue weighted by Crippen LogP contribution is 2.36. The Balaban J connectivity index is 2.21. The van der Waals surface area contributed by atoms with Gasteiger partial charge in [-0.1, -0.05) is 31.5 Å². The van der Waals surface area contributed by atoms with Gasteiger partial charge in [0.1, 0.15) is 0 Å². The smallest absolute Gasteiger partial charge is 0.309 e. The molecule has 0 unspecified atom stereocenters. The maximum absolute atomic E-state index is 13.3. The lowest BCUT2D eigenvalue weighted by Gasteiger charge is -2.26. The zero-order chi connectivity index (χ0) is 22.1. The maximum atomic E-state index is 13.3. The first-order valence-corrected chi connectivity index (χ1v) is 12.6. The molecule has 0 aliphatic carbocycles. The molecule has 0 radical (unpaired) electrons. The summed E-state index contributed by atoms with van der Waals surface area (Å²) in [7, 11) is 0. The monoisotopic (exact) mass is 748 g/mol. The number of carbonyl (C=O) groups excluding carboxylic acids is 2. The molecule has 0 aliphatic heterocycles. The van der Waals surface area contributed by atoms with Gasteiger partial charge in [-0.2, -0.15) is 0 Å². The third-order valence-electron chi connectivity index (χ3n) is 4.20. The minimum Gasteiger partial charge on any atom is -0.438 e. The zero-order valence-corrected chi connectivity index (χ0v) is 23.0. The molecule has 0 spiro atoms. The van der Waals surface area contributed by atoms with Crippen LogP contribution in [0.5, 0.6) is 0 Å². The Morgan fingerprint density at radius 3 is 2.47 bits per heavy atom. The number of nitrogens with two attached hydrogens (primary N) is 1. The molecule has 0 saturated carbocycles. The Kier molecular flexibility index (Phi) is 11.1. The summed E-state index contributed by atoms with van der Waals surface area (Å²) in [5.41, 5.74) is 8.08. The Morgan fingerprint density at radius 2 is 1.80 bits per heavy atom. The van der Waals surface area contributed by atoms with Crippen molar-refractivity contribution in [2.24, 2.45) is 0 Å². The highest BCUT2D eigenvalue weighted by molar-refractivity contribution is 14.1. The van der Waals surface area contributed by atoms with Gasteiger partial charge in [0.25, 0.3) is 5.91 Å². The average Bonchev–Trinajstić information content (AvgIpc) is 2.74. The number of hydrogen-bond acceptors (Lipinski definition) is 5. The van der Waals surface area contributed by atoms with Crippen LogP contribution in [0.3, 0.4) is 0 Å². The molecule has 2 N–H and O–H groups in total. The molecule has 9 heteroatoms. The molecule has 162 valence electrons. The van der Waals surface area contributed by atoms with Crippen LogP contribution in [0, 0.1) is 10.7 Å². The molecule has 0 heterocycles. The highest BCUT2D eigenvalue weighted by Gasteiger charge is 2.25. The van der Waals surface area contributed by atoms with E-state index in [0.29, 0.717) is 23.5 Å². The lowest BCUT2D eigenvalue weighted by atomic mass is 10.1. The summed E-state index contributed by atoms with van der Waals surface area (Å²) >= 11 is 6.52. The van der Waals surface area contributed by atoms with Gasteiger partial charge in [-0.05, 0) is 92.4 Å². The lowest BCUT2D eigenvalue weighted by Crippen LogP contribution is -2.35. The fourth-order valence-electron chi connectivity index (χ4n) is 2.58. The second-order valence-corrected chi connectivity index (χ2v) is 9.79. The van der Waals surface area contributed by atoms with E-state index in [0.717, 1.165) is 23.6 Å². The third kappa shape index (κ3) is 7.19. The number of rotatable bonds is 10.